The first-order valence-electron chi connectivity index (χ1n) is 43.0. The summed E-state index contributed by atoms with van der Waals surface area (Å²) in [6.07, 6.45) is 65.1. The summed E-state index contributed by atoms with van der Waals surface area (Å²) in [5.74, 6) is -0.442. The van der Waals surface area contributed by atoms with Crippen LogP contribution in [0.5, 0.6) is 0 Å². The minimum absolute atomic E-state index is 0.108. The van der Waals surface area contributed by atoms with Crippen LogP contribution in [-0.4, -0.2) is 96.7 Å². The minimum Gasteiger partial charge on any atom is -0.462 e. The van der Waals surface area contributed by atoms with Crippen LogP contribution in [0.25, 0.3) is 0 Å². The number of carbonyl (C=O) groups is 4. The molecule has 0 saturated heterocycles. The molecule has 17 nitrogen and oxygen atoms in total. The Morgan fingerprint density at radius 3 is 0.745 bits per heavy atom. The van der Waals surface area contributed by atoms with Gasteiger partial charge in [-0.2, -0.15) is 0 Å². The zero-order valence-corrected chi connectivity index (χ0v) is 68.7. The minimum atomic E-state index is -4.96. The monoisotopic (exact) mass is 1490 g/mol. The second-order valence-corrected chi connectivity index (χ2v) is 33.5. The lowest BCUT2D eigenvalue weighted by Gasteiger charge is -2.21. The summed E-state index contributed by atoms with van der Waals surface area (Å²) in [7, 11) is -9.92. The van der Waals surface area contributed by atoms with Crippen LogP contribution in [-0.2, 0) is 65.4 Å². The van der Waals surface area contributed by atoms with E-state index in [1.165, 1.54) is 257 Å². The summed E-state index contributed by atoms with van der Waals surface area (Å²) >= 11 is 0. The molecule has 0 aromatic heterocycles. The molecule has 0 aromatic carbocycles. The van der Waals surface area contributed by atoms with Crippen LogP contribution in [0.15, 0.2) is 0 Å². The largest absolute Gasteiger partial charge is 0.472 e. The molecule has 0 saturated carbocycles. The lowest BCUT2D eigenvalue weighted by atomic mass is 9.99. The van der Waals surface area contributed by atoms with Gasteiger partial charge < -0.3 is 33.8 Å². The van der Waals surface area contributed by atoms with Gasteiger partial charge in [0, 0.05) is 25.7 Å². The summed E-state index contributed by atoms with van der Waals surface area (Å²) in [5.41, 5.74) is 0. The van der Waals surface area contributed by atoms with Gasteiger partial charge in [-0.1, -0.05) is 388 Å². The Morgan fingerprint density at radius 2 is 0.500 bits per heavy atom. The fourth-order valence-corrected chi connectivity index (χ4v) is 14.4. The van der Waals surface area contributed by atoms with Gasteiger partial charge in [0.1, 0.15) is 19.3 Å². The van der Waals surface area contributed by atoms with Crippen molar-refractivity contribution in [2.24, 2.45) is 11.8 Å². The van der Waals surface area contributed by atoms with Gasteiger partial charge in [-0.05, 0) is 37.5 Å². The number of carbonyl (C=O) groups excluding carboxylic acids is 4. The maximum absolute atomic E-state index is 13.1. The molecule has 0 aliphatic rings. The Labute approximate surface area is 626 Å². The fourth-order valence-electron chi connectivity index (χ4n) is 12.9. The van der Waals surface area contributed by atoms with E-state index in [2.05, 4.69) is 41.5 Å². The van der Waals surface area contributed by atoms with Gasteiger partial charge in [-0.3, -0.25) is 37.3 Å². The topological polar surface area (TPSA) is 237 Å². The molecule has 19 heteroatoms. The van der Waals surface area contributed by atoms with E-state index in [1.54, 1.807) is 0 Å². The van der Waals surface area contributed by atoms with Crippen molar-refractivity contribution in [2.45, 2.75) is 458 Å². The van der Waals surface area contributed by atoms with E-state index >= 15 is 0 Å². The zero-order chi connectivity index (χ0) is 74.9. The number of hydrogen-bond acceptors (Lipinski definition) is 15. The third-order valence-corrected chi connectivity index (χ3v) is 21.7. The number of rotatable bonds is 82. The summed E-state index contributed by atoms with van der Waals surface area (Å²) in [4.78, 5) is 73.1. The molecule has 0 aliphatic heterocycles. The second kappa shape index (κ2) is 74.5. The summed E-state index contributed by atoms with van der Waals surface area (Å²) in [6, 6.07) is 0. The molecule has 0 aliphatic carbocycles. The highest BCUT2D eigenvalue weighted by Crippen LogP contribution is 2.45. The van der Waals surface area contributed by atoms with Crippen molar-refractivity contribution in [2.75, 3.05) is 39.6 Å². The van der Waals surface area contributed by atoms with Crippen LogP contribution in [0.3, 0.4) is 0 Å². The molecule has 0 radical (unpaired) electrons. The SMILES string of the molecule is CCCCCCCCCCCCCCCC(=O)O[C@H](COC(=O)CCCCCCCCCCCCC)COP(=O)(O)OC[C@H](O)COP(=O)(O)OC[C@@H](COC(=O)CCCCCCCCCCCCCCCC(C)C)OC(=O)CCCCCCCCCCCCCCCCCCCCC(C)CC. The molecular formula is C83H162O17P2. The van der Waals surface area contributed by atoms with Gasteiger partial charge in [0.25, 0.3) is 0 Å². The average Bonchev–Trinajstić information content (AvgIpc) is 0.912. The lowest BCUT2D eigenvalue weighted by molar-refractivity contribution is -0.161. The van der Waals surface area contributed by atoms with E-state index < -0.39 is 97.5 Å². The molecule has 0 amide bonds. The molecule has 0 heterocycles. The second-order valence-electron chi connectivity index (χ2n) is 30.6. The van der Waals surface area contributed by atoms with Gasteiger partial charge >= 0.3 is 39.5 Å². The quantitative estimate of drug-likeness (QED) is 0.0222. The van der Waals surface area contributed by atoms with E-state index in [4.69, 9.17) is 37.0 Å². The smallest absolute Gasteiger partial charge is 0.462 e. The van der Waals surface area contributed by atoms with E-state index in [0.717, 1.165) is 102 Å². The maximum Gasteiger partial charge on any atom is 0.472 e. The summed E-state index contributed by atoms with van der Waals surface area (Å²) in [5, 5.41) is 10.7. The first-order chi connectivity index (χ1) is 49.4. The number of esters is 4. The van der Waals surface area contributed by atoms with Crippen molar-refractivity contribution < 1.29 is 80.2 Å². The third-order valence-electron chi connectivity index (χ3n) is 19.8. The predicted molar refractivity (Wildman–Crippen MR) is 418 cm³/mol. The molecule has 3 N–H and O–H groups in total. The van der Waals surface area contributed by atoms with E-state index in [-0.39, 0.29) is 25.7 Å². The highest BCUT2D eigenvalue weighted by Gasteiger charge is 2.30. The Kier molecular flexibility index (Phi) is 73.1. The Morgan fingerprint density at radius 1 is 0.284 bits per heavy atom. The van der Waals surface area contributed by atoms with Crippen LogP contribution in [0.4, 0.5) is 0 Å². The van der Waals surface area contributed by atoms with Crippen molar-refractivity contribution >= 4 is 39.5 Å². The molecule has 0 spiro atoms. The van der Waals surface area contributed by atoms with E-state index in [0.29, 0.717) is 25.7 Å². The molecule has 6 atom stereocenters. The van der Waals surface area contributed by atoms with Crippen molar-refractivity contribution in [3.63, 3.8) is 0 Å². The van der Waals surface area contributed by atoms with Gasteiger partial charge in [-0.15, -0.1) is 0 Å². The molecule has 606 valence electrons. The standard InChI is InChI=1S/C83H162O17P2/c1-7-10-12-14-16-18-20-28-37-43-49-55-61-67-82(87)99-78(71-93-80(85)65-59-53-47-41-33-19-17-15-13-11-8-2)73-97-101(89,90)95-69-77(84)70-96-102(91,92)98-74-79(72-94-81(86)66-60-54-48-42-36-32-27-29-34-39-45-51-57-63-75(4)5)100-83(88)68-62-56-50-44-38-31-26-24-22-21-23-25-30-35-40-46-52-58-64-76(6)9-3/h75-79,84H,7-74H2,1-6H3,(H,89,90)(H,91,92)/t76?,77-,78+,79+/m0/s1. The fraction of sp³-hybridized carbons (Fsp3) is 0.952. The maximum atomic E-state index is 13.1. The number of phosphoric acid groups is 2. The Balaban J connectivity index is 5.22. The van der Waals surface area contributed by atoms with Crippen molar-refractivity contribution in [1.82, 2.24) is 0 Å². The number of phosphoric ester groups is 2. The Hall–Kier alpha value is -1.94. The number of aliphatic hydroxyl groups excluding tert-OH is 1. The highest BCUT2D eigenvalue weighted by atomic mass is 31.2. The van der Waals surface area contributed by atoms with Gasteiger partial charge in [0.05, 0.1) is 26.4 Å². The highest BCUT2D eigenvalue weighted by molar-refractivity contribution is 7.47. The lowest BCUT2D eigenvalue weighted by Crippen LogP contribution is -2.30. The first-order valence-corrected chi connectivity index (χ1v) is 46.0. The molecule has 0 aromatic rings. The number of unbranched alkanes of at least 4 members (excludes halogenated alkanes) is 51. The van der Waals surface area contributed by atoms with Crippen LogP contribution < -0.4 is 0 Å². The van der Waals surface area contributed by atoms with Crippen molar-refractivity contribution in [3.05, 3.63) is 0 Å². The summed E-state index contributed by atoms with van der Waals surface area (Å²) in [6.45, 7) is 9.73. The molecule has 102 heavy (non-hydrogen) atoms. The predicted octanol–water partition coefficient (Wildman–Crippen LogP) is 25.1. The van der Waals surface area contributed by atoms with Crippen LogP contribution >= 0.6 is 15.6 Å². The molecule has 0 bridgehead atoms. The van der Waals surface area contributed by atoms with Crippen molar-refractivity contribution in [1.29, 1.82) is 0 Å². The average molecular weight is 1490 g/mol. The van der Waals surface area contributed by atoms with Gasteiger partial charge in [0.2, 0.25) is 0 Å². The number of hydrogen-bond donors (Lipinski definition) is 3. The van der Waals surface area contributed by atoms with Crippen LogP contribution in [0, 0.1) is 11.8 Å². The van der Waals surface area contributed by atoms with Gasteiger partial charge in [-0.25, -0.2) is 9.13 Å². The third kappa shape index (κ3) is 74.9. The molecule has 0 rings (SSSR count). The Bertz CT molecular complexity index is 1960. The molecular weight excluding hydrogens is 1330 g/mol. The zero-order valence-electron chi connectivity index (χ0n) is 66.9. The van der Waals surface area contributed by atoms with Crippen LogP contribution in [0.1, 0.15) is 440 Å². The van der Waals surface area contributed by atoms with Gasteiger partial charge in [0.15, 0.2) is 12.2 Å². The van der Waals surface area contributed by atoms with E-state index in [9.17, 15) is 43.2 Å². The molecule has 3 unspecified atom stereocenters. The normalized spacial score (nSPS) is 14.1. The molecule has 0 fully saturated rings. The first kappa shape index (κ1) is 100. The van der Waals surface area contributed by atoms with Crippen LogP contribution in [0.2, 0.25) is 0 Å². The summed E-state index contributed by atoms with van der Waals surface area (Å²) < 4.78 is 68.8. The van der Waals surface area contributed by atoms with Crippen molar-refractivity contribution in [3.8, 4) is 0 Å². The number of ether oxygens (including phenoxy) is 4. The number of aliphatic hydroxyl groups is 1. The van der Waals surface area contributed by atoms with E-state index in [1.807, 2.05) is 0 Å².